The maximum atomic E-state index is 16.0. The molecule has 4 rings (SSSR count). The van der Waals surface area contributed by atoms with E-state index in [1.807, 2.05) is 24.3 Å². The lowest BCUT2D eigenvalue weighted by molar-refractivity contribution is 0.0710. The number of likely N-dealkylation sites (tertiary alicyclic amines) is 1. The highest BCUT2D eigenvalue weighted by Gasteiger charge is 2.31. The van der Waals surface area contributed by atoms with Crippen molar-refractivity contribution in [2.24, 2.45) is 7.05 Å². The molecule has 0 unspecified atom stereocenters. The summed E-state index contributed by atoms with van der Waals surface area (Å²) in [6, 6.07) is 13.2. The van der Waals surface area contributed by atoms with E-state index in [2.05, 4.69) is 0 Å². The monoisotopic (exact) mass is 449 g/mol. The molecular weight excluding hydrogens is 424 g/mol. The average Bonchev–Trinajstić information content (AvgIpc) is 3.09. The van der Waals surface area contributed by atoms with Crippen molar-refractivity contribution in [2.75, 3.05) is 20.2 Å². The first-order valence-corrected chi connectivity index (χ1v) is 10.9. The summed E-state index contributed by atoms with van der Waals surface area (Å²) >= 11 is 0. The lowest BCUT2D eigenvalue weighted by atomic mass is 9.98. The van der Waals surface area contributed by atoms with E-state index in [0.29, 0.717) is 31.0 Å². The van der Waals surface area contributed by atoms with E-state index in [9.17, 15) is 9.18 Å². The fourth-order valence-electron chi connectivity index (χ4n) is 4.42. The normalized spacial score (nSPS) is 13.7. The standard InChI is InChI=1S/C26H25F2N3O2/c1-30-24(18-8-6-17(7-9-18)16-33-2)22(19-10-11-20(15-29)21(27)14-19)23(28)25(30)26(32)31-12-4-3-5-13-31/h6-11,14H,3-5,12-13,16H2,1-2H3. The second kappa shape index (κ2) is 9.55. The first kappa shape index (κ1) is 22.7. The van der Waals surface area contributed by atoms with Crippen LogP contribution in [0.2, 0.25) is 0 Å². The van der Waals surface area contributed by atoms with Gasteiger partial charge in [-0.05, 0) is 48.1 Å². The molecule has 3 aromatic rings. The van der Waals surface area contributed by atoms with Gasteiger partial charge in [0.1, 0.15) is 17.6 Å². The van der Waals surface area contributed by atoms with Crippen LogP contribution in [-0.2, 0) is 18.4 Å². The molecule has 0 atom stereocenters. The van der Waals surface area contributed by atoms with E-state index < -0.39 is 11.6 Å². The van der Waals surface area contributed by atoms with Crippen molar-refractivity contribution in [1.82, 2.24) is 9.47 Å². The van der Waals surface area contributed by atoms with Crippen molar-refractivity contribution < 1.29 is 18.3 Å². The number of aromatic nitrogens is 1. The van der Waals surface area contributed by atoms with Crippen LogP contribution in [-0.4, -0.2) is 35.6 Å². The van der Waals surface area contributed by atoms with Crippen LogP contribution in [0.4, 0.5) is 8.78 Å². The van der Waals surface area contributed by atoms with E-state index in [-0.39, 0.29) is 28.3 Å². The minimum atomic E-state index is -0.733. The highest BCUT2D eigenvalue weighted by atomic mass is 19.1. The van der Waals surface area contributed by atoms with Crippen molar-refractivity contribution in [2.45, 2.75) is 25.9 Å². The Hall–Kier alpha value is -3.50. The van der Waals surface area contributed by atoms with Gasteiger partial charge in [0.15, 0.2) is 5.82 Å². The zero-order valence-electron chi connectivity index (χ0n) is 18.7. The van der Waals surface area contributed by atoms with E-state index in [0.717, 1.165) is 30.9 Å². The average molecular weight is 450 g/mol. The molecule has 0 spiro atoms. The van der Waals surface area contributed by atoms with Gasteiger partial charge in [0.05, 0.1) is 17.9 Å². The van der Waals surface area contributed by atoms with Crippen LogP contribution in [0.5, 0.6) is 0 Å². The van der Waals surface area contributed by atoms with Gasteiger partial charge in [-0.3, -0.25) is 4.79 Å². The number of rotatable bonds is 5. The molecule has 2 aromatic carbocycles. The Bertz CT molecular complexity index is 1220. The molecule has 1 saturated heterocycles. The molecule has 0 radical (unpaired) electrons. The summed E-state index contributed by atoms with van der Waals surface area (Å²) in [5.41, 5.74) is 2.35. The molecule has 170 valence electrons. The molecular formula is C26H25F2N3O2. The Morgan fingerprint density at radius 1 is 1.06 bits per heavy atom. The van der Waals surface area contributed by atoms with Crippen LogP contribution in [0.25, 0.3) is 22.4 Å². The quantitative estimate of drug-likeness (QED) is 0.532. The van der Waals surface area contributed by atoms with Gasteiger partial charge in [0.2, 0.25) is 0 Å². The van der Waals surface area contributed by atoms with Crippen LogP contribution in [0, 0.1) is 23.0 Å². The Labute approximate surface area is 191 Å². The van der Waals surface area contributed by atoms with Crippen LogP contribution < -0.4 is 0 Å². The van der Waals surface area contributed by atoms with Gasteiger partial charge in [-0.2, -0.15) is 5.26 Å². The predicted octanol–water partition coefficient (Wildman–Crippen LogP) is 5.28. The summed E-state index contributed by atoms with van der Waals surface area (Å²) in [7, 11) is 3.26. The molecule has 1 fully saturated rings. The number of nitrogens with zero attached hydrogens (tertiary/aromatic N) is 3. The Balaban J connectivity index is 1.90. The topological polar surface area (TPSA) is 58.3 Å². The molecule has 2 heterocycles. The molecule has 0 aliphatic carbocycles. The minimum absolute atomic E-state index is 0.0485. The third-order valence-electron chi connectivity index (χ3n) is 6.10. The van der Waals surface area contributed by atoms with Gasteiger partial charge in [0, 0.05) is 32.8 Å². The molecule has 5 nitrogen and oxygen atoms in total. The zero-order chi connectivity index (χ0) is 23.5. The smallest absolute Gasteiger partial charge is 0.273 e. The van der Waals surface area contributed by atoms with Crippen LogP contribution >= 0.6 is 0 Å². The number of halogens is 2. The van der Waals surface area contributed by atoms with Crippen molar-refractivity contribution in [3.8, 4) is 28.5 Å². The van der Waals surface area contributed by atoms with Gasteiger partial charge >= 0.3 is 0 Å². The van der Waals surface area contributed by atoms with Crippen LogP contribution in [0.1, 0.15) is 40.9 Å². The van der Waals surface area contributed by atoms with E-state index in [1.165, 1.54) is 12.1 Å². The predicted molar refractivity (Wildman–Crippen MR) is 121 cm³/mol. The van der Waals surface area contributed by atoms with Gasteiger partial charge < -0.3 is 14.2 Å². The summed E-state index contributed by atoms with van der Waals surface area (Å²) in [5.74, 6) is -1.79. The molecule has 33 heavy (non-hydrogen) atoms. The Kier molecular flexibility index (Phi) is 6.57. The maximum Gasteiger partial charge on any atom is 0.273 e. The first-order valence-electron chi connectivity index (χ1n) is 10.9. The molecule has 0 N–H and O–H groups in total. The molecule has 1 aliphatic rings. The largest absolute Gasteiger partial charge is 0.380 e. The number of piperidine rings is 1. The van der Waals surface area contributed by atoms with Crippen LogP contribution in [0.15, 0.2) is 42.5 Å². The van der Waals surface area contributed by atoms with Crippen molar-refractivity contribution >= 4 is 5.91 Å². The summed E-state index contributed by atoms with van der Waals surface area (Å²) in [5, 5.41) is 9.07. The number of hydrogen-bond acceptors (Lipinski definition) is 3. The lowest BCUT2D eigenvalue weighted by Crippen LogP contribution is -2.37. The number of carbonyl (C=O) groups excluding carboxylic acids is 1. The number of benzene rings is 2. The number of amides is 1. The fraction of sp³-hybridized carbons (Fsp3) is 0.308. The highest BCUT2D eigenvalue weighted by Crippen LogP contribution is 2.39. The molecule has 0 bridgehead atoms. The van der Waals surface area contributed by atoms with Crippen molar-refractivity contribution in [1.29, 1.82) is 5.26 Å². The maximum absolute atomic E-state index is 16.0. The molecule has 1 aromatic heterocycles. The summed E-state index contributed by atoms with van der Waals surface area (Å²) in [4.78, 5) is 15.0. The van der Waals surface area contributed by atoms with E-state index >= 15 is 4.39 Å². The summed E-state index contributed by atoms with van der Waals surface area (Å²) < 4.78 is 37.1. The molecule has 7 heteroatoms. The van der Waals surface area contributed by atoms with Crippen molar-refractivity contribution in [3.05, 3.63) is 70.9 Å². The number of hydrogen-bond donors (Lipinski definition) is 0. The number of nitriles is 1. The number of methoxy groups -OCH3 is 1. The first-order chi connectivity index (χ1) is 16.0. The molecule has 0 saturated carbocycles. The summed E-state index contributed by atoms with van der Waals surface area (Å²) in [6.45, 7) is 1.62. The number of ether oxygens (including phenoxy) is 1. The van der Waals surface area contributed by atoms with Gasteiger partial charge in [0.25, 0.3) is 5.91 Å². The van der Waals surface area contributed by atoms with E-state index in [1.54, 1.807) is 29.7 Å². The minimum Gasteiger partial charge on any atom is -0.380 e. The second-order valence-electron chi connectivity index (χ2n) is 8.23. The Morgan fingerprint density at radius 3 is 2.33 bits per heavy atom. The number of carbonyl (C=O) groups is 1. The van der Waals surface area contributed by atoms with E-state index in [4.69, 9.17) is 10.00 Å². The van der Waals surface area contributed by atoms with Gasteiger partial charge in [-0.25, -0.2) is 8.78 Å². The second-order valence-corrected chi connectivity index (χ2v) is 8.23. The summed E-state index contributed by atoms with van der Waals surface area (Å²) in [6.07, 6.45) is 2.83. The SMILES string of the molecule is COCc1ccc(-c2c(-c3ccc(C#N)c(F)c3)c(F)c(C(=O)N3CCCCC3)n2C)cc1. The van der Waals surface area contributed by atoms with Gasteiger partial charge in [-0.1, -0.05) is 30.3 Å². The van der Waals surface area contributed by atoms with Crippen LogP contribution in [0.3, 0.4) is 0 Å². The molecule has 1 amide bonds. The third kappa shape index (κ3) is 4.27. The highest BCUT2D eigenvalue weighted by molar-refractivity contribution is 5.98. The zero-order valence-corrected chi connectivity index (χ0v) is 18.7. The fourth-order valence-corrected chi connectivity index (χ4v) is 4.42. The Morgan fingerprint density at radius 2 is 1.73 bits per heavy atom. The van der Waals surface area contributed by atoms with Gasteiger partial charge in [-0.15, -0.1) is 0 Å². The van der Waals surface area contributed by atoms with Crippen molar-refractivity contribution in [3.63, 3.8) is 0 Å². The third-order valence-corrected chi connectivity index (χ3v) is 6.10. The molecule has 1 aliphatic heterocycles. The lowest BCUT2D eigenvalue weighted by Gasteiger charge is -2.26.